The molecule has 10 heavy (non-hydrogen) atoms. The zero-order valence-corrected chi connectivity index (χ0v) is 6.26. The highest BCUT2D eigenvalue weighted by atomic mass is 16.5. The van der Waals surface area contributed by atoms with Crippen LogP contribution in [0, 0.1) is 11.3 Å². The van der Waals surface area contributed by atoms with Crippen molar-refractivity contribution in [2.45, 2.75) is 32.8 Å². The van der Waals surface area contributed by atoms with E-state index in [9.17, 15) is 4.79 Å². The predicted octanol–water partition coefficient (Wildman–Crippen LogP) is 1.24. The molecule has 0 N–H and O–H groups in total. The van der Waals surface area contributed by atoms with Crippen LogP contribution in [0.15, 0.2) is 0 Å². The number of nitrogens with zero attached hydrogens (tertiary/aromatic N) is 1. The summed E-state index contributed by atoms with van der Waals surface area (Å²) in [7, 11) is 0. The molecule has 0 fully saturated rings. The van der Waals surface area contributed by atoms with Crippen molar-refractivity contribution in [2.75, 3.05) is 0 Å². The Morgan fingerprint density at radius 3 is 2.80 bits per heavy atom. The fourth-order valence-electron chi connectivity index (χ4n) is 0.675. The van der Waals surface area contributed by atoms with Gasteiger partial charge in [-0.05, 0) is 13.3 Å². The van der Waals surface area contributed by atoms with Crippen molar-refractivity contribution < 1.29 is 9.53 Å². The first kappa shape index (κ1) is 8.96. The van der Waals surface area contributed by atoms with Gasteiger partial charge in [0.1, 0.15) is 6.10 Å². The van der Waals surface area contributed by atoms with Gasteiger partial charge in [-0.15, -0.1) is 0 Å². The third-order valence-corrected chi connectivity index (χ3v) is 1.09. The summed E-state index contributed by atoms with van der Waals surface area (Å²) in [6.07, 6.45) is 1.64. The maximum absolute atomic E-state index is 10.3. The molecule has 0 aliphatic rings. The van der Waals surface area contributed by atoms with Crippen molar-refractivity contribution in [3.8, 4) is 6.07 Å². The molecule has 0 heterocycles. The monoisotopic (exact) mass is 141 g/mol. The van der Waals surface area contributed by atoms with Gasteiger partial charge in [0.05, 0.1) is 0 Å². The van der Waals surface area contributed by atoms with Gasteiger partial charge in [0.2, 0.25) is 0 Å². The van der Waals surface area contributed by atoms with E-state index in [0.29, 0.717) is 0 Å². The highest BCUT2D eigenvalue weighted by molar-refractivity contribution is 5.85. The van der Waals surface area contributed by atoms with Crippen LogP contribution < -0.4 is 0 Å². The molecule has 3 heteroatoms. The number of carbonyl (C=O) groups excluding carboxylic acids is 1. The van der Waals surface area contributed by atoms with Crippen molar-refractivity contribution in [2.24, 2.45) is 0 Å². The van der Waals surface area contributed by atoms with Crippen LogP contribution in [-0.2, 0) is 9.53 Å². The highest BCUT2D eigenvalue weighted by Crippen LogP contribution is 1.99. The Balaban J connectivity index is 3.49. The van der Waals surface area contributed by atoms with Crippen LogP contribution in [0.4, 0.5) is 0 Å². The maximum Gasteiger partial charge on any atom is 0.411 e. The lowest BCUT2D eigenvalue weighted by Crippen LogP contribution is -2.12. The topological polar surface area (TPSA) is 50.1 Å². The molecule has 0 aliphatic heterocycles. The van der Waals surface area contributed by atoms with Crippen molar-refractivity contribution in [1.82, 2.24) is 0 Å². The number of ether oxygens (including phenoxy) is 1. The minimum atomic E-state index is -0.791. The lowest BCUT2D eigenvalue weighted by atomic mass is 10.2. The van der Waals surface area contributed by atoms with Crippen LogP contribution in [0.5, 0.6) is 0 Å². The molecular weight excluding hydrogens is 130 g/mol. The number of nitriles is 1. The van der Waals surface area contributed by atoms with Crippen LogP contribution in [0.3, 0.4) is 0 Å². The minimum Gasteiger partial charge on any atom is -0.452 e. The lowest BCUT2D eigenvalue weighted by Gasteiger charge is -2.07. The molecule has 0 saturated carbocycles. The number of carbonyl (C=O) groups is 1. The Bertz CT molecular complexity index is 148. The van der Waals surface area contributed by atoms with Crippen LogP contribution in [-0.4, -0.2) is 12.1 Å². The quantitative estimate of drug-likeness (QED) is 0.439. The average Bonchev–Trinajstić information content (AvgIpc) is 1.88. The highest BCUT2D eigenvalue weighted by Gasteiger charge is 2.05. The molecule has 0 radical (unpaired) electrons. The second-order valence-electron chi connectivity index (χ2n) is 2.12. The van der Waals surface area contributed by atoms with Gasteiger partial charge >= 0.3 is 5.97 Å². The zero-order chi connectivity index (χ0) is 7.98. The maximum atomic E-state index is 10.3. The standard InChI is InChI=1S/C7H11NO2/c1-3-4-6(2)10-7(9)5-8/h6H,3-4H2,1-2H3. The molecule has 0 spiro atoms. The Morgan fingerprint density at radius 2 is 2.40 bits per heavy atom. The third-order valence-electron chi connectivity index (χ3n) is 1.09. The minimum absolute atomic E-state index is 0.128. The van der Waals surface area contributed by atoms with Crippen LogP contribution in [0.2, 0.25) is 0 Å². The van der Waals surface area contributed by atoms with Gasteiger partial charge in [0, 0.05) is 0 Å². The van der Waals surface area contributed by atoms with E-state index in [2.05, 4.69) is 4.74 Å². The third kappa shape index (κ3) is 3.90. The van der Waals surface area contributed by atoms with Crippen molar-refractivity contribution in [3.63, 3.8) is 0 Å². The van der Waals surface area contributed by atoms with E-state index >= 15 is 0 Å². The Labute approximate surface area is 60.6 Å². The molecule has 0 aliphatic carbocycles. The Hall–Kier alpha value is -1.04. The molecule has 0 bridgehead atoms. The van der Waals surface area contributed by atoms with Gasteiger partial charge in [-0.2, -0.15) is 5.26 Å². The van der Waals surface area contributed by atoms with Gasteiger partial charge in [0.15, 0.2) is 6.07 Å². The summed E-state index contributed by atoms with van der Waals surface area (Å²) in [6.45, 7) is 3.77. The van der Waals surface area contributed by atoms with E-state index in [1.54, 1.807) is 6.92 Å². The summed E-state index contributed by atoms with van der Waals surface area (Å²) < 4.78 is 4.64. The summed E-state index contributed by atoms with van der Waals surface area (Å²) in [5.41, 5.74) is 0. The van der Waals surface area contributed by atoms with Crippen molar-refractivity contribution >= 4 is 5.97 Å². The first-order valence-electron chi connectivity index (χ1n) is 3.31. The van der Waals surface area contributed by atoms with Crippen LogP contribution in [0.1, 0.15) is 26.7 Å². The lowest BCUT2D eigenvalue weighted by molar-refractivity contribution is -0.141. The van der Waals surface area contributed by atoms with Gasteiger partial charge in [-0.25, -0.2) is 4.79 Å². The number of esters is 1. The SMILES string of the molecule is CCCC(C)OC(=O)C#N. The summed E-state index contributed by atoms with van der Waals surface area (Å²) in [5.74, 6) is -0.791. The second kappa shape index (κ2) is 4.80. The van der Waals surface area contributed by atoms with Gasteiger partial charge in [-0.1, -0.05) is 13.3 Å². The van der Waals surface area contributed by atoms with Crippen molar-refractivity contribution in [1.29, 1.82) is 5.26 Å². The van der Waals surface area contributed by atoms with E-state index in [1.807, 2.05) is 6.92 Å². The summed E-state index contributed by atoms with van der Waals surface area (Å²) in [5, 5.41) is 8.03. The largest absolute Gasteiger partial charge is 0.452 e. The predicted molar refractivity (Wildman–Crippen MR) is 36.1 cm³/mol. The summed E-state index contributed by atoms with van der Waals surface area (Å²) in [6, 6.07) is 1.39. The molecular formula is C7H11NO2. The second-order valence-corrected chi connectivity index (χ2v) is 2.12. The van der Waals surface area contributed by atoms with E-state index in [0.717, 1.165) is 12.8 Å². The Kier molecular flexibility index (Phi) is 4.30. The molecule has 1 unspecified atom stereocenters. The summed E-state index contributed by atoms with van der Waals surface area (Å²) >= 11 is 0. The van der Waals surface area contributed by atoms with Gasteiger partial charge in [0.25, 0.3) is 0 Å². The molecule has 1 atom stereocenters. The number of hydrogen-bond acceptors (Lipinski definition) is 3. The zero-order valence-electron chi connectivity index (χ0n) is 6.26. The molecule has 0 saturated heterocycles. The normalized spacial score (nSPS) is 11.7. The first-order valence-corrected chi connectivity index (χ1v) is 3.31. The fraction of sp³-hybridized carbons (Fsp3) is 0.714. The summed E-state index contributed by atoms with van der Waals surface area (Å²) in [4.78, 5) is 10.3. The number of rotatable bonds is 3. The smallest absolute Gasteiger partial charge is 0.411 e. The number of hydrogen-bond donors (Lipinski definition) is 0. The average molecular weight is 141 g/mol. The molecule has 3 nitrogen and oxygen atoms in total. The van der Waals surface area contributed by atoms with Crippen LogP contribution in [0.25, 0.3) is 0 Å². The van der Waals surface area contributed by atoms with Crippen LogP contribution >= 0.6 is 0 Å². The van der Waals surface area contributed by atoms with E-state index in [4.69, 9.17) is 5.26 Å². The first-order chi connectivity index (χ1) is 4.70. The molecule has 0 aromatic rings. The molecule has 0 rings (SSSR count). The van der Waals surface area contributed by atoms with Gasteiger partial charge < -0.3 is 4.74 Å². The van der Waals surface area contributed by atoms with E-state index < -0.39 is 5.97 Å². The van der Waals surface area contributed by atoms with Gasteiger partial charge in [-0.3, -0.25) is 0 Å². The Morgan fingerprint density at radius 1 is 1.80 bits per heavy atom. The molecule has 0 aromatic carbocycles. The van der Waals surface area contributed by atoms with E-state index in [1.165, 1.54) is 6.07 Å². The molecule has 56 valence electrons. The van der Waals surface area contributed by atoms with Crippen molar-refractivity contribution in [3.05, 3.63) is 0 Å². The fourth-order valence-corrected chi connectivity index (χ4v) is 0.675. The molecule has 0 amide bonds. The molecule has 0 aromatic heterocycles. The van der Waals surface area contributed by atoms with E-state index in [-0.39, 0.29) is 6.10 Å².